The number of ether oxygens (including phenoxy) is 2. The number of benzene rings is 2. The van der Waals surface area contributed by atoms with Crippen LogP contribution in [0.4, 0.5) is 8.78 Å². The van der Waals surface area contributed by atoms with Crippen LogP contribution in [-0.2, 0) is 11.3 Å². The van der Waals surface area contributed by atoms with E-state index in [2.05, 4.69) is 5.32 Å². The number of nitrogens with one attached hydrogen (secondary N) is 1. The van der Waals surface area contributed by atoms with Gasteiger partial charge in [0.15, 0.2) is 0 Å². The van der Waals surface area contributed by atoms with Crippen LogP contribution in [0.25, 0.3) is 0 Å². The zero-order chi connectivity index (χ0) is 20.1. The summed E-state index contributed by atoms with van der Waals surface area (Å²) in [5, 5.41) is 2.85. The van der Waals surface area contributed by atoms with Crippen molar-refractivity contribution in [2.45, 2.75) is 25.4 Å². The molecule has 28 heavy (non-hydrogen) atoms. The normalized spacial score (nSPS) is 19.0. The van der Waals surface area contributed by atoms with Gasteiger partial charge >= 0.3 is 0 Å². The summed E-state index contributed by atoms with van der Waals surface area (Å²) in [5.74, 6) is 0.0606. The van der Waals surface area contributed by atoms with Crippen molar-refractivity contribution in [3.05, 3.63) is 59.7 Å². The first-order valence-corrected chi connectivity index (χ1v) is 9.17. The molecule has 7 heteroatoms. The molecule has 1 fully saturated rings. The first-order chi connectivity index (χ1) is 13.4. The number of nitrogens with zero attached hydrogens (tertiary/aromatic N) is 1. The van der Waals surface area contributed by atoms with Gasteiger partial charge in [-0.25, -0.2) is 8.78 Å². The molecule has 1 amide bonds. The number of likely N-dealkylation sites (tertiary alicyclic amines) is 1. The van der Waals surface area contributed by atoms with Crippen LogP contribution in [0.1, 0.15) is 18.9 Å². The Morgan fingerprint density at radius 3 is 2.36 bits per heavy atom. The number of carbonyl (C=O) groups excluding carboxylic acids is 1. The second kappa shape index (κ2) is 8.56. The lowest BCUT2D eigenvalue weighted by Crippen LogP contribution is -2.65. The lowest BCUT2D eigenvalue weighted by Gasteiger charge is -2.49. The smallest absolute Gasteiger partial charge is 0.240 e. The average molecular weight is 390 g/mol. The molecule has 1 unspecified atom stereocenters. The fourth-order valence-electron chi connectivity index (χ4n) is 3.19. The molecule has 1 atom stereocenters. The minimum atomic E-state index is -0.783. The fraction of sp³-hybridized carbons (Fsp3) is 0.381. The van der Waals surface area contributed by atoms with Crippen molar-refractivity contribution >= 4 is 5.91 Å². The van der Waals surface area contributed by atoms with Crippen LogP contribution in [0.3, 0.4) is 0 Å². The molecule has 2 aromatic carbocycles. The molecule has 1 saturated heterocycles. The van der Waals surface area contributed by atoms with E-state index in [1.165, 1.54) is 18.2 Å². The molecule has 150 valence electrons. The standard InChI is InChI=1S/C21H24F2N2O3/c1-21(10-12-25(21)14-17-18(22)4-3-5-19(17)23)20(26)24-11-13-28-16-8-6-15(27-2)7-9-16/h3-9H,10-14H2,1-2H3,(H,24,26). The van der Waals surface area contributed by atoms with Gasteiger partial charge < -0.3 is 14.8 Å². The third-order valence-electron chi connectivity index (χ3n) is 5.18. The van der Waals surface area contributed by atoms with Crippen LogP contribution in [0.15, 0.2) is 42.5 Å². The Balaban J connectivity index is 1.49. The highest BCUT2D eigenvalue weighted by molar-refractivity contribution is 5.86. The molecular weight excluding hydrogens is 366 g/mol. The van der Waals surface area contributed by atoms with Gasteiger partial charge in [0, 0.05) is 18.7 Å². The van der Waals surface area contributed by atoms with Gasteiger partial charge in [0.1, 0.15) is 29.7 Å². The van der Waals surface area contributed by atoms with Crippen molar-refractivity contribution in [1.29, 1.82) is 0 Å². The zero-order valence-corrected chi connectivity index (χ0v) is 16.0. The predicted octanol–water partition coefficient (Wildman–Crippen LogP) is 3.13. The van der Waals surface area contributed by atoms with E-state index >= 15 is 0 Å². The number of halogens is 2. The lowest BCUT2D eigenvalue weighted by molar-refractivity contribution is -0.142. The summed E-state index contributed by atoms with van der Waals surface area (Å²) in [6, 6.07) is 11.0. The third-order valence-corrected chi connectivity index (χ3v) is 5.18. The summed E-state index contributed by atoms with van der Waals surface area (Å²) >= 11 is 0. The van der Waals surface area contributed by atoms with E-state index in [0.717, 1.165) is 5.75 Å². The Bertz CT molecular complexity index is 809. The van der Waals surface area contributed by atoms with Gasteiger partial charge in [0.25, 0.3) is 0 Å². The van der Waals surface area contributed by atoms with Crippen molar-refractivity contribution in [2.24, 2.45) is 0 Å². The number of amides is 1. The largest absolute Gasteiger partial charge is 0.497 e. The highest BCUT2D eigenvalue weighted by Gasteiger charge is 2.46. The molecule has 2 aromatic rings. The van der Waals surface area contributed by atoms with Crippen molar-refractivity contribution < 1.29 is 23.0 Å². The Hall–Kier alpha value is -2.67. The summed E-state index contributed by atoms with van der Waals surface area (Å²) in [5.41, 5.74) is -0.793. The van der Waals surface area contributed by atoms with Crippen LogP contribution in [-0.4, -0.2) is 43.2 Å². The van der Waals surface area contributed by atoms with Gasteiger partial charge in [-0.3, -0.25) is 9.69 Å². The predicted molar refractivity (Wildman–Crippen MR) is 101 cm³/mol. The minimum absolute atomic E-state index is 0.0101. The minimum Gasteiger partial charge on any atom is -0.497 e. The van der Waals surface area contributed by atoms with Crippen molar-refractivity contribution in [3.63, 3.8) is 0 Å². The molecule has 3 rings (SSSR count). The maximum Gasteiger partial charge on any atom is 0.240 e. The molecule has 0 aromatic heterocycles. The Labute approximate surface area is 163 Å². The molecule has 0 saturated carbocycles. The molecule has 1 N–H and O–H groups in total. The lowest BCUT2D eigenvalue weighted by atomic mass is 9.85. The second-order valence-corrected chi connectivity index (χ2v) is 6.93. The summed E-state index contributed by atoms with van der Waals surface area (Å²) in [6.07, 6.45) is 0.633. The summed E-state index contributed by atoms with van der Waals surface area (Å²) in [6.45, 7) is 3.11. The number of methoxy groups -OCH3 is 1. The first-order valence-electron chi connectivity index (χ1n) is 9.17. The highest BCUT2D eigenvalue weighted by Crippen LogP contribution is 2.33. The van der Waals surface area contributed by atoms with Gasteiger partial charge in [-0.05, 0) is 49.7 Å². The quantitative estimate of drug-likeness (QED) is 0.704. The molecule has 1 aliphatic rings. The van der Waals surface area contributed by atoms with E-state index < -0.39 is 17.2 Å². The molecule has 0 spiro atoms. The van der Waals surface area contributed by atoms with Crippen LogP contribution >= 0.6 is 0 Å². The van der Waals surface area contributed by atoms with Crippen molar-refractivity contribution in [1.82, 2.24) is 10.2 Å². The Kier molecular flexibility index (Phi) is 6.14. The van der Waals surface area contributed by atoms with Gasteiger partial charge in [-0.15, -0.1) is 0 Å². The molecule has 1 aliphatic heterocycles. The van der Waals surface area contributed by atoms with Crippen LogP contribution in [0, 0.1) is 11.6 Å². The second-order valence-electron chi connectivity index (χ2n) is 6.93. The average Bonchev–Trinajstić information content (AvgIpc) is 2.69. The molecule has 0 aliphatic carbocycles. The van der Waals surface area contributed by atoms with E-state index in [9.17, 15) is 13.6 Å². The zero-order valence-electron chi connectivity index (χ0n) is 16.0. The molecule has 5 nitrogen and oxygen atoms in total. The highest BCUT2D eigenvalue weighted by atomic mass is 19.1. The molecular formula is C21H24F2N2O3. The number of hydrogen-bond acceptors (Lipinski definition) is 4. The molecule has 0 bridgehead atoms. The van der Waals surface area contributed by atoms with Crippen LogP contribution in [0.2, 0.25) is 0 Å². The number of carbonyl (C=O) groups is 1. The first kappa shape index (κ1) is 20.1. The summed E-state index contributed by atoms with van der Waals surface area (Å²) < 4.78 is 38.5. The summed E-state index contributed by atoms with van der Waals surface area (Å²) in [4.78, 5) is 14.4. The van der Waals surface area contributed by atoms with Gasteiger partial charge in [0.05, 0.1) is 19.2 Å². The van der Waals surface area contributed by atoms with Crippen molar-refractivity contribution in [2.75, 3.05) is 26.8 Å². The van der Waals surface area contributed by atoms with E-state index in [0.29, 0.717) is 31.9 Å². The maximum atomic E-state index is 13.9. The van der Waals surface area contributed by atoms with E-state index in [1.807, 2.05) is 0 Å². The van der Waals surface area contributed by atoms with E-state index in [4.69, 9.17) is 9.47 Å². The number of rotatable bonds is 8. The van der Waals surface area contributed by atoms with Crippen LogP contribution < -0.4 is 14.8 Å². The topological polar surface area (TPSA) is 50.8 Å². The summed E-state index contributed by atoms with van der Waals surface area (Å²) in [7, 11) is 1.59. The Morgan fingerprint density at radius 2 is 1.79 bits per heavy atom. The number of hydrogen-bond donors (Lipinski definition) is 1. The molecule has 0 radical (unpaired) electrons. The van der Waals surface area contributed by atoms with E-state index in [-0.39, 0.29) is 18.0 Å². The van der Waals surface area contributed by atoms with Gasteiger partial charge in [-0.1, -0.05) is 6.07 Å². The van der Waals surface area contributed by atoms with E-state index in [1.54, 1.807) is 43.2 Å². The fourth-order valence-corrected chi connectivity index (χ4v) is 3.19. The van der Waals surface area contributed by atoms with Gasteiger partial charge in [0.2, 0.25) is 5.91 Å². The van der Waals surface area contributed by atoms with Crippen LogP contribution in [0.5, 0.6) is 11.5 Å². The SMILES string of the molecule is COc1ccc(OCCNC(=O)C2(C)CCN2Cc2c(F)cccc2F)cc1. The Morgan fingerprint density at radius 1 is 1.14 bits per heavy atom. The maximum absolute atomic E-state index is 13.9. The van der Waals surface area contributed by atoms with Crippen molar-refractivity contribution in [3.8, 4) is 11.5 Å². The molecule has 1 heterocycles. The monoisotopic (exact) mass is 390 g/mol. The van der Waals surface area contributed by atoms with Gasteiger partial charge in [-0.2, -0.15) is 0 Å². The third kappa shape index (κ3) is 4.25.